The van der Waals surface area contributed by atoms with Gasteiger partial charge in [0, 0.05) is 2.74 Å². The third kappa shape index (κ3) is 0.640. The molecule has 0 aliphatic heterocycles. The van der Waals surface area contributed by atoms with Crippen LogP contribution in [0.5, 0.6) is 0 Å². The van der Waals surface area contributed by atoms with Crippen LogP contribution >= 0.6 is 0 Å². The van der Waals surface area contributed by atoms with Crippen LogP contribution in [0.1, 0.15) is 29.4 Å². The van der Waals surface area contributed by atoms with Crippen molar-refractivity contribution in [3.05, 3.63) is 0 Å². The average molecular weight is 72.1 g/mol. The summed E-state index contributed by atoms with van der Waals surface area (Å²) in [6, 6.07) is 0. The molecule has 1 rings (SSSR count). The van der Waals surface area contributed by atoms with Gasteiger partial charge in [-0.25, -0.2) is 0 Å². The van der Waals surface area contributed by atoms with Crippen molar-refractivity contribution >= 4 is 0 Å². The van der Waals surface area contributed by atoms with E-state index in [0.29, 0.717) is 0 Å². The number of hydrogen-bond donors (Lipinski definition) is 0. The van der Waals surface area contributed by atoms with E-state index in [9.17, 15) is 0 Å². The molecule has 1 saturated carbocycles. The van der Waals surface area contributed by atoms with Crippen LogP contribution < -0.4 is 0 Å². The van der Waals surface area contributed by atoms with E-state index < -0.39 is 6.37 Å². The van der Waals surface area contributed by atoms with Crippen molar-refractivity contribution in [1.29, 1.82) is 0 Å². The highest BCUT2D eigenvalue weighted by molar-refractivity contribution is 4.82. The molecule has 0 aromatic heterocycles. The second-order valence-corrected chi connectivity index (χ2v) is 2.24. The smallest absolute Gasteiger partial charge is 0.0272 e. The average Bonchev–Trinajstić information content (AvgIpc) is 1.63. The zero-order valence-corrected chi connectivity index (χ0v) is 3.71. The van der Waals surface area contributed by atoms with Crippen molar-refractivity contribution in [2.24, 2.45) is 5.41 Å². The highest BCUT2D eigenvalue weighted by Gasteiger charge is 2.30. The van der Waals surface area contributed by atoms with Gasteiger partial charge in [0.1, 0.15) is 0 Å². The second kappa shape index (κ2) is 0.562. The Kier molecular flexibility index (Phi) is 0.184. The van der Waals surface area contributed by atoms with Crippen molar-refractivity contribution in [1.82, 2.24) is 0 Å². The van der Waals surface area contributed by atoms with Gasteiger partial charge in [0.2, 0.25) is 0 Å². The van der Waals surface area contributed by atoms with Gasteiger partial charge in [0.25, 0.3) is 0 Å². The fourth-order valence-electron chi connectivity index (χ4n) is 0.177. The fraction of sp³-hybridized carbons (Fsp3) is 1.00. The molecule has 0 unspecified atom stereocenters. The van der Waals surface area contributed by atoms with Crippen molar-refractivity contribution in [3.8, 4) is 0 Å². The second-order valence-electron chi connectivity index (χ2n) is 2.24. The molecule has 0 spiro atoms. The Labute approximate surface area is 36.0 Å². The Morgan fingerprint density at radius 1 is 1.80 bits per heavy atom. The monoisotopic (exact) mass is 72.1 g/mol. The fourth-order valence-corrected chi connectivity index (χ4v) is 0.177. The molecule has 0 aromatic carbocycles. The van der Waals surface area contributed by atoms with Crippen LogP contribution in [0.15, 0.2) is 0 Å². The molecule has 0 aromatic rings. The van der Waals surface area contributed by atoms with Crippen LogP contribution in [0, 0.1) is 5.41 Å². The van der Waals surface area contributed by atoms with Gasteiger partial charge in [0.05, 0.1) is 0 Å². The van der Waals surface area contributed by atoms with Crippen molar-refractivity contribution < 1.29 is 2.74 Å². The Morgan fingerprint density at radius 2 is 2.00 bits per heavy atom. The molecule has 1 aliphatic carbocycles. The largest absolute Gasteiger partial charge is 0.0599 e. The molecular weight excluding hydrogens is 60.1 g/mol. The summed E-state index contributed by atoms with van der Waals surface area (Å²) in [6.45, 7) is 3.90. The van der Waals surface area contributed by atoms with Crippen LogP contribution in [0.3, 0.4) is 0 Å². The minimum Gasteiger partial charge on any atom is -0.0599 e. The highest BCUT2D eigenvalue weighted by atomic mass is 14.4. The Morgan fingerprint density at radius 3 is 2.00 bits per heavy atom. The minimum atomic E-state index is -0.854. The number of rotatable bonds is 0. The van der Waals surface area contributed by atoms with Crippen LogP contribution in [0.25, 0.3) is 0 Å². The molecule has 30 valence electrons. The van der Waals surface area contributed by atoms with Gasteiger partial charge >= 0.3 is 0 Å². The molecule has 1 fully saturated rings. The molecule has 0 heteroatoms. The Balaban J connectivity index is 2.59. The SMILES string of the molecule is [2H]C1([2H])CC1(C)C. The summed E-state index contributed by atoms with van der Waals surface area (Å²) in [7, 11) is 0. The summed E-state index contributed by atoms with van der Waals surface area (Å²) in [5.74, 6) is 0. The normalized spacial score (nSPS) is 46.0. The first-order valence-corrected chi connectivity index (χ1v) is 1.96. The van der Waals surface area contributed by atoms with Gasteiger partial charge in [-0.15, -0.1) is 0 Å². The van der Waals surface area contributed by atoms with Crippen molar-refractivity contribution in [2.45, 2.75) is 26.6 Å². The zero-order valence-electron chi connectivity index (χ0n) is 5.71. The predicted molar refractivity (Wildman–Crippen MR) is 23.0 cm³/mol. The van der Waals surface area contributed by atoms with Gasteiger partial charge in [-0.3, -0.25) is 0 Å². The van der Waals surface area contributed by atoms with E-state index in [2.05, 4.69) is 0 Å². The number of hydrogen-bond acceptors (Lipinski definition) is 0. The van der Waals surface area contributed by atoms with Crippen LogP contribution in [0.2, 0.25) is 0 Å². The Bertz CT molecular complexity index is 82.3. The maximum Gasteiger partial charge on any atom is 0.0272 e. The summed E-state index contributed by atoms with van der Waals surface area (Å²) >= 11 is 0. The van der Waals surface area contributed by atoms with E-state index in [1.165, 1.54) is 0 Å². The van der Waals surface area contributed by atoms with E-state index in [4.69, 9.17) is 2.74 Å². The third-order valence-electron chi connectivity index (χ3n) is 0.884. The molecule has 0 bridgehead atoms. The van der Waals surface area contributed by atoms with E-state index in [1.807, 2.05) is 13.8 Å². The summed E-state index contributed by atoms with van der Waals surface area (Å²) in [6.07, 6.45) is -0.118. The minimum absolute atomic E-state index is 0.0208. The summed E-state index contributed by atoms with van der Waals surface area (Å²) in [5.41, 5.74) is -0.0208. The quantitative estimate of drug-likeness (QED) is 0.409. The lowest BCUT2D eigenvalue weighted by Crippen LogP contribution is -1.75. The van der Waals surface area contributed by atoms with Gasteiger partial charge in [-0.05, 0) is 18.2 Å². The van der Waals surface area contributed by atoms with Crippen LogP contribution in [0.4, 0.5) is 0 Å². The molecule has 0 nitrogen and oxygen atoms in total. The summed E-state index contributed by atoms with van der Waals surface area (Å²) < 4.78 is 14.2. The molecule has 1 aliphatic rings. The predicted octanol–water partition coefficient (Wildman–Crippen LogP) is 1.81. The topological polar surface area (TPSA) is 0 Å². The van der Waals surface area contributed by atoms with Crippen LogP contribution in [-0.4, -0.2) is 0 Å². The lowest BCUT2D eigenvalue weighted by atomic mass is 10.2. The molecule has 0 atom stereocenters. The molecular formula is C5H10. The highest BCUT2D eigenvalue weighted by Crippen LogP contribution is 2.43. The van der Waals surface area contributed by atoms with Crippen LogP contribution in [-0.2, 0) is 0 Å². The molecule has 0 saturated heterocycles. The van der Waals surface area contributed by atoms with E-state index in [-0.39, 0.29) is 5.41 Å². The van der Waals surface area contributed by atoms with Gasteiger partial charge in [-0.2, -0.15) is 0 Å². The molecule has 0 amide bonds. The molecule has 5 heavy (non-hydrogen) atoms. The maximum atomic E-state index is 7.12. The van der Waals surface area contributed by atoms with Crippen molar-refractivity contribution in [2.75, 3.05) is 0 Å². The van der Waals surface area contributed by atoms with Gasteiger partial charge in [-0.1, -0.05) is 13.8 Å². The lowest BCUT2D eigenvalue weighted by molar-refractivity contribution is 0.653. The summed E-state index contributed by atoms with van der Waals surface area (Å²) in [5, 5.41) is 0. The Hall–Kier alpha value is 0. The van der Waals surface area contributed by atoms with E-state index >= 15 is 0 Å². The van der Waals surface area contributed by atoms with E-state index in [0.717, 1.165) is 6.42 Å². The lowest BCUT2D eigenvalue weighted by Gasteiger charge is -1.86. The zero-order chi connectivity index (χ0) is 5.71. The first kappa shape index (κ1) is 1.63. The first-order valence-electron chi connectivity index (χ1n) is 2.96. The van der Waals surface area contributed by atoms with Gasteiger partial charge < -0.3 is 0 Å². The molecule has 0 heterocycles. The summed E-state index contributed by atoms with van der Waals surface area (Å²) in [4.78, 5) is 0. The standard InChI is InChI=1S/C5H10/c1-5(2)3-4-5/h3-4H2,1-2H3/i3D2. The van der Waals surface area contributed by atoms with E-state index in [1.54, 1.807) is 0 Å². The first-order chi connectivity index (χ1) is 2.96. The van der Waals surface area contributed by atoms with Crippen molar-refractivity contribution in [3.63, 3.8) is 0 Å². The maximum absolute atomic E-state index is 7.12. The molecule has 0 radical (unpaired) electrons. The van der Waals surface area contributed by atoms with Gasteiger partial charge in [0.15, 0.2) is 0 Å². The third-order valence-corrected chi connectivity index (χ3v) is 0.884. The molecule has 0 N–H and O–H groups in total.